The van der Waals surface area contributed by atoms with Crippen LogP contribution in [0.5, 0.6) is 0 Å². The van der Waals surface area contributed by atoms with E-state index in [1.54, 1.807) is 13.1 Å². The van der Waals surface area contributed by atoms with E-state index in [9.17, 15) is 5.11 Å². The Morgan fingerprint density at radius 3 is 2.86 bits per heavy atom. The van der Waals surface area contributed by atoms with Crippen LogP contribution in [0.3, 0.4) is 0 Å². The molecule has 0 saturated carbocycles. The molecule has 2 rings (SSSR count). The smallest absolute Gasteiger partial charge is 0.191 e. The Morgan fingerprint density at radius 1 is 1.45 bits per heavy atom. The number of halogens is 2. The first-order chi connectivity index (χ1) is 10.2. The molecule has 0 saturated heterocycles. The van der Waals surface area contributed by atoms with Gasteiger partial charge in [0, 0.05) is 25.0 Å². The second kappa shape index (κ2) is 10.5. The van der Waals surface area contributed by atoms with Crippen molar-refractivity contribution >= 4 is 52.9 Å². The minimum absolute atomic E-state index is 0. The second-order valence-electron chi connectivity index (χ2n) is 5.14. The fourth-order valence-corrected chi connectivity index (χ4v) is 3.35. The molecule has 1 heterocycles. The van der Waals surface area contributed by atoms with Crippen molar-refractivity contribution in [3.63, 3.8) is 0 Å². The zero-order valence-corrected chi connectivity index (χ0v) is 16.5. The summed E-state index contributed by atoms with van der Waals surface area (Å²) in [7, 11) is 1.74. The summed E-state index contributed by atoms with van der Waals surface area (Å²) in [6.45, 7) is 1.33. The lowest BCUT2D eigenvalue weighted by molar-refractivity contribution is 0.184. The Balaban J connectivity index is 0.00000242. The summed E-state index contributed by atoms with van der Waals surface area (Å²) in [5, 5.41) is 16.6. The Bertz CT molecular complexity index is 507. The number of rotatable bonds is 5. The first-order valence-corrected chi connectivity index (χ1v) is 8.41. The SMILES string of the molecule is CN=C(NCC1CC=CCC1)NCC(O)c1ccc(Cl)s1.I. The third-order valence-corrected chi connectivity index (χ3v) is 4.88. The van der Waals surface area contributed by atoms with Gasteiger partial charge in [0.05, 0.1) is 4.34 Å². The maximum atomic E-state index is 10.1. The van der Waals surface area contributed by atoms with Gasteiger partial charge < -0.3 is 15.7 Å². The van der Waals surface area contributed by atoms with Gasteiger partial charge in [-0.1, -0.05) is 23.8 Å². The van der Waals surface area contributed by atoms with Crippen molar-refractivity contribution in [1.82, 2.24) is 10.6 Å². The van der Waals surface area contributed by atoms with Crippen LogP contribution in [0, 0.1) is 5.92 Å². The highest BCUT2D eigenvalue weighted by molar-refractivity contribution is 14.0. The van der Waals surface area contributed by atoms with E-state index in [0.717, 1.165) is 30.2 Å². The molecule has 124 valence electrons. The molecular formula is C15H23ClIN3OS. The van der Waals surface area contributed by atoms with Gasteiger partial charge in [-0.15, -0.1) is 35.3 Å². The van der Waals surface area contributed by atoms with Crippen LogP contribution in [0.2, 0.25) is 4.34 Å². The molecule has 1 aromatic heterocycles. The van der Waals surface area contributed by atoms with E-state index in [-0.39, 0.29) is 24.0 Å². The van der Waals surface area contributed by atoms with Gasteiger partial charge in [0.1, 0.15) is 6.10 Å². The molecule has 2 unspecified atom stereocenters. The number of aliphatic imine (C=N–C) groups is 1. The van der Waals surface area contributed by atoms with E-state index >= 15 is 0 Å². The molecule has 0 bridgehead atoms. The topological polar surface area (TPSA) is 56.7 Å². The Labute approximate surface area is 158 Å². The average Bonchev–Trinajstić information content (AvgIpc) is 2.95. The zero-order valence-electron chi connectivity index (χ0n) is 12.6. The lowest BCUT2D eigenvalue weighted by Crippen LogP contribution is -2.41. The summed E-state index contributed by atoms with van der Waals surface area (Å²) in [4.78, 5) is 5.05. The Kier molecular flexibility index (Phi) is 9.39. The molecule has 0 fully saturated rings. The van der Waals surface area contributed by atoms with Crippen molar-refractivity contribution in [2.24, 2.45) is 10.9 Å². The van der Waals surface area contributed by atoms with Crippen LogP contribution in [0.4, 0.5) is 0 Å². The van der Waals surface area contributed by atoms with E-state index in [4.69, 9.17) is 11.6 Å². The van der Waals surface area contributed by atoms with Crippen LogP contribution in [-0.4, -0.2) is 31.2 Å². The summed E-state index contributed by atoms with van der Waals surface area (Å²) in [5.41, 5.74) is 0. The largest absolute Gasteiger partial charge is 0.386 e. The molecule has 2 atom stereocenters. The van der Waals surface area contributed by atoms with E-state index < -0.39 is 6.10 Å². The predicted molar refractivity (Wildman–Crippen MR) is 106 cm³/mol. The van der Waals surface area contributed by atoms with Gasteiger partial charge in [-0.05, 0) is 37.3 Å². The molecule has 22 heavy (non-hydrogen) atoms. The number of hydrogen-bond donors (Lipinski definition) is 3. The van der Waals surface area contributed by atoms with Gasteiger partial charge in [0.15, 0.2) is 5.96 Å². The minimum Gasteiger partial charge on any atom is -0.386 e. The molecule has 0 aromatic carbocycles. The molecule has 0 spiro atoms. The van der Waals surface area contributed by atoms with Gasteiger partial charge in [0.25, 0.3) is 0 Å². The molecule has 7 heteroatoms. The number of guanidine groups is 1. The maximum Gasteiger partial charge on any atom is 0.191 e. The molecule has 1 aliphatic rings. The van der Waals surface area contributed by atoms with E-state index in [1.807, 2.05) is 6.07 Å². The monoisotopic (exact) mass is 455 g/mol. The highest BCUT2D eigenvalue weighted by atomic mass is 127. The first-order valence-electron chi connectivity index (χ1n) is 7.22. The predicted octanol–water partition coefficient (Wildman–Crippen LogP) is 3.57. The number of aliphatic hydroxyl groups is 1. The van der Waals surface area contributed by atoms with Crippen molar-refractivity contribution in [3.8, 4) is 0 Å². The van der Waals surface area contributed by atoms with Crippen molar-refractivity contribution in [1.29, 1.82) is 0 Å². The molecule has 0 amide bonds. The number of aliphatic hydroxyl groups excluding tert-OH is 1. The highest BCUT2D eigenvalue weighted by Crippen LogP contribution is 2.26. The van der Waals surface area contributed by atoms with E-state index in [0.29, 0.717) is 16.8 Å². The number of nitrogens with zero attached hydrogens (tertiary/aromatic N) is 1. The quantitative estimate of drug-likeness (QED) is 0.275. The normalized spacial score (nSPS) is 19.4. The Hall–Kier alpha value is -0.310. The summed E-state index contributed by atoms with van der Waals surface area (Å²) in [6.07, 6.45) is 7.43. The number of allylic oxidation sites excluding steroid dienone is 2. The van der Waals surface area contributed by atoms with Gasteiger partial charge in [0.2, 0.25) is 0 Å². The average molecular weight is 456 g/mol. The molecule has 1 aliphatic carbocycles. The first kappa shape index (κ1) is 19.7. The lowest BCUT2D eigenvalue weighted by Gasteiger charge is -2.20. The second-order valence-corrected chi connectivity index (χ2v) is 6.89. The number of thiophene rings is 1. The number of nitrogens with one attached hydrogen (secondary N) is 2. The Morgan fingerprint density at radius 2 is 2.27 bits per heavy atom. The third-order valence-electron chi connectivity index (χ3n) is 3.54. The minimum atomic E-state index is -0.571. The van der Waals surface area contributed by atoms with Gasteiger partial charge in [-0.2, -0.15) is 0 Å². The van der Waals surface area contributed by atoms with E-state index in [2.05, 4.69) is 27.8 Å². The fourth-order valence-electron chi connectivity index (χ4n) is 2.30. The lowest BCUT2D eigenvalue weighted by atomic mass is 9.94. The highest BCUT2D eigenvalue weighted by Gasteiger charge is 2.13. The van der Waals surface area contributed by atoms with Crippen LogP contribution in [-0.2, 0) is 0 Å². The van der Waals surface area contributed by atoms with Crippen molar-refractivity contribution in [2.45, 2.75) is 25.4 Å². The number of hydrogen-bond acceptors (Lipinski definition) is 3. The summed E-state index contributed by atoms with van der Waals surface area (Å²) >= 11 is 7.27. The maximum absolute atomic E-state index is 10.1. The fraction of sp³-hybridized carbons (Fsp3) is 0.533. The molecule has 0 radical (unpaired) electrons. The van der Waals surface area contributed by atoms with Crippen molar-refractivity contribution in [2.75, 3.05) is 20.1 Å². The molecule has 4 nitrogen and oxygen atoms in total. The standard InChI is InChI=1S/C15H22ClN3OS.HI/c1-17-15(18-9-11-5-3-2-4-6-11)19-10-12(20)13-7-8-14(16)21-13;/h2-3,7-8,11-12,20H,4-6,9-10H2,1H3,(H2,17,18,19);1H. The van der Waals surface area contributed by atoms with E-state index in [1.165, 1.54) is 17.8 Å². The molecule has 3 N–H and O–H groups in total. The molecule has 1 aromatic rings. The van der Waals surface area contributed by atoms with Gasteiger partial charge in [-0.25, -0.2) is 0 Å². The van der Waals surface area contributed by atoms with Gasteiger partial charge >= 0.3 is 0 Å². The van der Waals surface area contributed by atoms with Crippen LogP contribution in [0.1, 0.15) is 30.2 Å². The van der Waals surface area contributed by atoms with Crippen LogP contribution < -0.4 is 10.6 Å². The van der Waals surface area contributed by atoms with Crippen LogP contribution in [0.25, 0.3) is 0 Å². The molecular weight excluding hydrogens is 433 g/mol. The van der Waals surface area contributed by atoms with Crippen molar-refractivity contribution < 1.29 is 5.11 Å². The van der Waals surface area contributed by atoms with Crippen LogP contribution in [0.15, 0.2) is 29.3 Å². The summed E-state index contributed by atoms with van der Waals surface area (Å²) in [6, 6.07) is 3.65. The summed E-state index contributed by atoms with van der Waals surface area (Å²) in [5.74, 6) is 1.39. The van der Waals surface area contributed by atoms with Gasteiger partial charge in [-0.3, -0.25) is 4.99 Å². The zero-order chi connectivity index (χ0) is 15.1. The molecule has 0 aliphatic heterocycles. The van der Waals surface area contributed by atoms with Crippen LogP contribution >= 0.6 is 46.9 Å². The van der Waals surface area contributed by atoms with Crippen molar-refractivity contribution in [3.05, 3.63) is 33.5 Å². The third kappa shape index (κ3) is 6.44. The summed E-state index contributed by atoms with van der Waals surface area (Å²) < 4.78 is 0.692.